The van der Waals surface area contributed by atoms with Crippen LogP contribution in [0.4, 0.5) is 0 Å². The molecule has 3 aromatic rings. The predicted molar refractivity (Wildman–Crippen MR) is 134 cm³/mol. The Bertz CT molecular complexity index is 1230. The fraction of sp³-hybridized carbons (Fsp3) is 0.148. The Balaban J connectivity index is 1.90. The molecule has 0 amide bonds. The first-order valence-corrected chi connectivity index (χ1v) is 10.4. The van der Waals surface area contributed by atoms with E-state index in [1.807, 2.05) is 63.2 Å². The monoisotopic (exact) mass is 430 g/mol. The number of halogens is 1. The van der Waals surface area contributed by atoms with Gasteiger partial charge in [0.05, 0.1) is 0 Å². The summed E-state index contributed by atoms with van der Waals surface area (Å²) < 4.78 is 0. The number of aliphatic imine (C=N–C) groups is 1. The van der Waals surface area contributed by atoms with Crippen LogP contribution in [0.5, 0.6) is 0 Å². The van der Waals surface area contributed by atoms with Gasteiger partial charge in [0.1, 0.15) is 0 Å². The van der Waals surface area contributed by atoms with Gasteiger partial charge < -0.3 is 10.1 Å². The van der Waals surface area contributed by atoms with E-state index in [9.17, 15) is 5.11 Å². The molecule has 31 heavy (non-hydrogen) atoms. The Morgan fingerprint density at radius 2 is 1.94 bits per heavy atom. The number of nitrogens with one attached hydrogen (secondary N) is 1. The van der Waals surface area contributed by atoms with E-state index >= 15 is 0 Å². The predicted octanol–water partition coefficient (Wildman–Crippen LogP) is 7.17. The van der Waals surface area contributed by atoms with Crippen LogP contribution in [0.25, 0.3) is 22.2 Å². The molecule has 1 atom stereocenters. The number of aliphatic hydroxyl groups excluding tert-OH is 1. The highest BCUT2D eigenvalue weighted by molar-refractivity contribution is 6.30. The molecular formula is C27H27ClN2O. The summed E-state index contributed by atoms with van der Waals surface area (Å²) in [5.74, 6) is 0. The molecule has 0 aliphatic carbocycles. The normalized spacial score (nSPS) is 13.7. The van der Waals surface area contributed by atoms with E-state index in [4.69, 9.17) is 11.6 Å². The first-order chi connectivity index (χ1) is 14.8. The quantitative estimate of drug-likeness (QED) is 0.303. The standard InChI is InChI=1S/C27H27ClN2O/c1-6-7-8-24(19(5)17(2)3)27(31)29-16-20-9-12-25-21(14-20)15-26(30-25)23-11-10-22(28)13-18(23)4/h6-16,27,30-31H,1-2H2,3-5H3/b8-7+,24-19+,29-16?. The smallest absolute Gasteiger partial charge is 0.171 e. The zero-order valence-corrected chi connectivity index (χ0v) is 18.9. The first-order valence-electron chi connectivity index (χ1n) is 10.1. The summed E-state index contributed by atoms with van der Waals surface area (Å²) in [7, 11) is 0. The molecule has 1 unspecified atom stereocenters. The molecule has 1 aromatic heterocycles. The minimum absolute atomic E-state index is 0.701. The van der Waals surface area contributed by atoms with E-state index in [1.165, 1.54) is 0 Å². The number of rotatable bonds is 7. The summed E-state index contributed by atoms with van der Waals surface area (Å²) >= 11 is 6.09. The number of aliphatic hydroxyl groups is 1. The van der Waals surface area contributed by atoms with Crippen LogP contribution in [-0.4, -0.2) is 22.5 Å². The Morgan fingerprint density at radius 3 is 2.61 bits per heavy atom. The van der Waals surface area contributed by atoms with E-state index in [-0.39, 0.29) is 0 Å². The minimum Gasteiger partial charge on any atom is -0.368 e. The largest absolute Gasteiger partial charge is 0.368 e. The van der Waals surface area contributed by atoms with Crippen LogP contribution in [0.1, 0.15) is 25.0 Å². The highest BCUT2D eigenvalue weighted by Gasteiger charge is 2.10. The number of aromatic amines is 1. The zero-order valence-electron chi connectivity index (χ0n) is 18.1. The van der Waals surface area contributed by atoms with Gasteiger partial charge in [-0.1, -0.05) is 60.7 Å². The lowest BCUT2D eigenvalue weighted by Crippen LogP contribution is -2.08. The van der Waals surface area contributed by atoms with Crippen molar-refractivity contribution < 1.29 is 5.11 Å². The molecule has 0 saturated heterocycles. The molecule has 2 aromatic carbocycles. The molecule has 0 aliphatic heterocycles. The van der Waals surface area contributed by atoms with Gasteiger partial charge in [-0.3, -0.25) is 4.99 Å². The molecule has 3 nitrogen and oxygen atoms in total. The van der Waals surface area contributed by atoms with Crippen molar-refractivity contribution in [2.45, 2.75) is 27.0 Å². The van der Waals surface area contributed by atoms with Gasteiger partial charge in [-0.05, 0) is 67.8 Å². The van der Waals surface area contributed by atoms with Gasteiger partial charge in [-0.15, -0.1) is 0 Å². The third-order valence-corrected chi connectivity index (χ3v) is 5.49. The van der Waals surface area contributed by atoms with Crippen LogP contribution < -0.4 is 0 Å². The topological polar surface area (TPSA) is 48.4 Å². The molecule has 1 heterocycles. The van der Waals surface area contributed by atoms with Gasteiger partial charge >= 0.3 is 0 Å². The lowest BCUT2D eigenvalue weighted by molar-refractivity contribution is 0.225. The molecule has 3 rings (SSSR count). The maximum Gasteiger partial charge on any atom is 0.171 e. The lowest BCUT2D eigenvalue weighted by Gasteiger charge is -2.12. The van der Waals surface area contributed by atoms with Crippen LogP contribution in [0.2, 0.25) is 5.02 Å². The molecule has 0 saturated carbocycles. The van der Waals surface area contributed by atoms with Crippen molar-refractivity contribution in [1.82, 2.24) is 4.98 Å². The van der Waals surface area contributed by atoms with Gasteiger partial charge in [0.2, 0.25) is 0 Å². The molecule has 0 bridgehead atoms. The second kappa shape index (κ2) is 9.78. The van der Waals surface area contributed by atoms with Crippen molar-refractivity contribution in [3.8, 4) is 11.3 Å². The van der Waals surface area contributed by atoms with Gasteiger partial charge in [0.15, 0.2) is 6.23 Å². The number of H-pyrrole nitrogens is 1. The van der Waals surface area contributed by atoms with Crippen molar-refractivity contribution in [3.05, 3.63) is 107 Å². The number of aryl methyl sites for hydroxylation is 1. The minimum atomic E-state index is -0.984. The Morgan fingerprint density at radius 1 is 1.16 bits per heavy atom. The highest BCUT2D eigenvalue weighted by Crippen LogP contribution is 2.29. The number of aromatic nitrogens is 1. The fourth-order valence-electron chi connectivity index (χ4n) is 3.37. The molecule has 158 valence electrons. The summed E-state index contributed by atoms with van der Waals surface area (Å²) in [5, 5.41) is 12.4. The fourth-order valence-corrected chi connectivity index (χ4v) is 3.59. The second-order valence-corrected chi connectivity index (χ2v) is 8.03. The SMILES string of the molecule is C=C/C=C/C(=C(/C)C(=C)C)C(O)N=Cc1ccc2[nH]c(-c3ccc(Cl)cc3C)cc2c1. The number of nitrogens with zero attached hydrogens (tertiary/aromatic N) is 1. The van der Waals surface area contributed by atoms with Crippen molar-refractivity contribution >= 4 is 28.7 Å². The number of hydrogen-bond donors (Lipinski definition) is 2. The van der Waals surface area contributed by atoms with Gasteiger partial charge in [0.25, 0.3) is 0 Å². The average molecular weight is 431 g/mol. The van der Waals surface area contributed by atoms with Crippen molar-refractivity contribution in [2.75, 3.05) is 0 Å². The summed E-state index contributed by atoms with van der Waals surface area (Å²) in [5.41, 5.74) is 7.71. The molecular weight excluding hydrogens is 404 g/mol. The van der Waals surface area contributed by atoms with Crippen LogP contribution >= 0.6 is 11.6 Å². The summed E-state index contributed by atoms with van der Waals surface area (Å²) in [6.07, 6.45) is 5.98. The van der Waals surface area contributed by atoms with Crippen molar-refractivity contribution in [3.63, 3.8) is 0 Å². The molecule has 0 radical (unpaired) electrons. The van der Waals surface area contributed by atoms with E-state index < -0.39 is 6.23 Å². The lowest BCUT2D eigenvalue weighted by atomic mass is 10.0. The van der Waals surface area contributed by atoms with Crippen LogP contribution in [-0.2, 0) is 0 Å². The van der Waals surface area contributed by atoms with Crippen molar-refractivity contribution in [2.24, 2.45) is 4.99 Å². The van der Waals surface area contributed by atoms with Crippen LogP contribution in [0, 0.1) is 6.92 Å². The number of allylic oxidation sites excluding steroid dienone is 4. The maximum absolute atomic E-state index is 10.6. The molecule has 0 spiro atoms. The van der Waals surface area contributed by atoms with E-state index in [0.717, 1.165) is 49.5 Å². The summed E-state index contributed by atoms with van der Waals surface area (Å²) in [4.78, 5) is 7.83. The van der Waals surface area contributed by atoms with E-state index in [2.05, 4.69) is 29.2 Å². The zero-order chi connectivity index (χ0) is 22.5. The highest BCUT2D eigenvalue weighted by atomic mass is 35.5. The van der Waals surface area contributed by atoms with Crippen LogP contribution in [0.15, 0.2) is 95.6 Å². The molecule has 0 aliphatic rings. The summed E-state index contributed by atoms with van der Waals surface area (Å²) in [6.45, 7) is 13.5. The van der Waals surface area contributed by atoms with E-state index in [1.54, 1.807) is 18.4 Å². The van der Waals surface area contributed by atoms with Gasteiger partial charge in [-0.2, -0.15) is 0 Å². The number of fused-ring (bicyclic) bond motifs is 1. The van der Waals surface area contributed by atoms with Crippen molar-refractivity contribution in [1.29, 1.82) is 0 Å². The second-order valence-electron chi connectivity index (χ2n) is 7.60. The first kappa shape index (κ1) is 22.5. The third-order valence-electron chi connectivity index (χ3n) is 5.25. The third kappa shape index (κ3) is 5.32. The van der Waals surface area contributed by atoms with Gasteiger partial charge in [-0.25, -0.2) is 0 Å². The Labute approximate surface area is 188 Å². The molecule has 2 N–H and O–H groups in total. The van der Waals surface area contributed by atoms with Gasteiger partial charge in [0, 0.05) is 39.0 Å². The summed E-state index contributed by atoms with van der Waals surface area (Å²) in [6, 6.07) is 14.0. The maximum atomic E-state index is 10.6. The molecule has 4 heteroatoms. The number of benzene rings is 2. The van der Waals surface area contributed by atoms with E-state index in [0.29, 0.717) is 5.57 Å². The number of hydrogen-bond acceptors (Lipinski definition) is 2. The average Bonchev–Trinajstić information content (AvgIpc) is 3.15. The Kier molecular flexibility index (Phi) is 7.11. The van der Waals surface area contributed by atoms with Crippen LogP contribution in [0.3, 0.4) is 0 Å². The molecule has 0 fully saturated rings. The Hall–Kier alpha value is -3.14.